The van der Waals surface area contributed by atoms with E-state index in [0.717, 1.165) is 49.7 Å². The van der Waals surface area contributed by atoms with E-state index in [2.05, 4.69) is 28.6 Å². The standard InChI is InChI=1S/C15H23N3O/c1-19-8-2-6-18-7-5-15(17-18)16-11-14-10-12-3-4-13(14)9-12/h3-5,7,12-14H,2,6,8-11H2,1H3,(H,16,17)/t12-,13-,14-/m0/s1. The molecular formula is C15H23N3O. The van der Waals surface area contributed by atoms with Crippen LogP contribution in [0.3, 0.4) is 0 Å². The minimum Gasteiger partial charge on any atom is -0.385 e. The summed E-state index contributed by atoms with van der Waals surface area (Å²) in [7, 11) is 1.74. The van der Waals surface area contributed by atoms with Crippen LogP contribution < -0.4 is 5.32 Å². The maximum Gasteiger partial charge on any atom is 0.147 e. The van der Waals surface area contributed by atoms with E-state index in [1.807, 2.05) is 10.9 Å². The summed E-state index contributed by atoms with van der Waals surface area (Å²) in [5.74, 6) is 3.46. The number of ether oxygens (including phenoxy) is 1. The average molecular weight is 261 g/mol. The molecule has 0 amide bonds. The van der Waals surface area contributed by atoms with Crippen LogP contribution in [0.2, 0.25) is 0 Å². The lowest BCUT2D eigenvalue weighted by atomic mass is 9.94. The number of nitrogens with one attached hydrogen (secondary N) is 1. The first kappa shape index (κ1) is 12.7. The molecule has 1 heterocycles. The van der Waals surface area contributed by atoms with Gasteiger partial charge >= 0.3 is 0 Å². The second-order valence-corrected chi connectivity index (χ2v) is 5.73. The fraction of sp³-hybridized carbons (Fsp3) is 0.667. The van der Waals surface area contributed by atoms with Crippen molar-refractivity contribution in [3.63, 3.8) is 0 Å². The van der Waals surface area contributed by atoms with E-state index < -0.39 is 0 Å². The zero-order chi connectivity index (χ0) is 13.1. The molecule has 3 atom stereocenters. The summed E-state index contributed by atoms with van der Waals surface area (Å²) in [5, 5.41) is 8.02. The Morgan fingerprint density at radius 3 is 3.11 bits per heavy atom. The highest BCUT2D eigenvalue weighted by molar-refractivity contribution is 5.32. The van der Waals surface area contributed by atoms with Crippen molar-refractivity contribution >= 4 is 5.82 Å². The Morgan fingerprint density at radius 2 is 2.37 bits per heavy atom. The quantitative estimate of drug-likeness (QED) is 0.605. The summed E-state index contributed by atoms with van der Waals surface area (Å²) >= 11 is 0. The van der Waals surface area contributed by atoms with E-state index in [1.165, 1.54) is 12.8 Å². The number of nitrogens with zero attached hydrogens (tertiary/aromatic N) is 2. The minimum atomic E-state index is 0.792. The second kappa shape index (κ2) is 5.78. The van der Waals surface area contributed by atoms with E-state index in [-0.39, 0.29) is 0 Å². The molecular weight excluding hydrogens is 238 g/mol. The van der Waals surface area contributed by atoms with Gasteiger partial charge in [-0.25, -0.2) is 0 Å². The maximum atomic E-state index is 5.05. The van der Waals surface area contributed by atoms with Crippen molar-refractivity contribution in [2.45, 2.75) is 25.8 Å². The number of allylic oxidation sites excluding steroid dienone is 2. The molecule has 2 aliphatic rings. The van der Waals surface area contributed by atoms with Crippen LogP contribution in [0.4, 0.5) is 5.82 Å². The third-order valence-electron chi connectivity index (χ3n) is 4.34. The molecule has 19 heavy (non-hydrogen) atoms. The fourth-order valence-corrected chi connectivity index (χ4v) is 3.32. The second-order valence-electron chi connectivity index (χ2n) is 5.73. The van der Waals surface area contributed by atoms with E-state index in [4.69, 9.17) is 4.74 Å². The first-order valence-electron chi connectivity index (χ1n) is 7.30. The zero-order valence-corrected chi connectivity index (χ0v) is 11.6. The van der Waals surface area contributed by atoms with Crippen molar-refractivity contribution in [1.29, 1.82) is 0 Å². The van der Waals surface area contributed by atoms with Gasteiger partial charge in [-0.15, -0.1) is 0 Å². The monoisotopic (exact) mass is 261 g/mol. The number of aryl methyl sites for hydroxylation is 1. The molecule has 4 nitrogen and oxygen atoms in total. The third kappa shape index (κ3) is 3.00. The van der Waals surface area contributed by atoms with Crippen molar-refractivity contribution in [1.82, 2.24) is 9.78 Å². The molecule has 1 aromatic rings. The summed E-state index contributed by atoms with van der Waals surface area (Å²) in [5.41, 5.74) is 0. The van der Waals surface area contributed by atoms with Crippen molar-refractivity contribution in [3.8, 4) is 0 Å². The maximum absolute atomic E-state index is 5.05. The Hall–Kier alpha value is -1.29. The molecule has 0 aliphatic heterocycles. The first-order chi connectivity index (χ1) is 9.35. The lowest BCUT2D eigenvalue weighted by Crippen LogP contribution is -2.18. The van der Waals surface area contributed by atoms with Crippen LogP contribution in [0.15, 0.2) is 24.4 Å². The SMILES string of the molecule is COCCCn1ccc(NC[C@@H]2C[C@H]3C=C[C@H]2C3)n1. The van der Waals surface area contributed by atoms with E-state index in [1.54, 1.807) is 7.11 Å². The Morgan fingerprint density at radius 1 is 1.42 bits per heavy atom. The lowest BCUT2D eigenvalue weighted by molar-refractivity contribution is 0.189. The van der Waals surface area contributed by atoms with Gasteiger partial charge in [-0.1, -0.05) is 12.2 Å². The molecule has 0 saturated heterocycles. The molecule has 104 valence electrons. The highest BCUT2D eigenvalue weighted by atomic mass is 16.5. The summed E-state index contributed by atoms with van der Waals surface area (Å²) in [6, 6.07) is 2.07. The molecule has 1 aromatic heterocycles. The predicted molar refractivity (Wildman–Crippen MR) is 76.1 cm³/mol. The van der Waals surface area contributed by atoms with Gasteiger partial charge in [0.2, 0.25) is 0 Å². The smallest absolute Gasteiger partial charge is 0.147 e. The molecule has 1 saturated carbocycles. The molecule has 3 rings (SSSR count). The molecule has 0 radical (unpaired) electrons. The van der Waals surface area contributed by atoms with Gasteiger partial charge in [0, 0.05) is 39.1 Å². The lowest BCUT2D eigenvalue weighted by Gasteiger charge is -2.18. The van der Waals surface area contributed by atoms with E-state index in [9.17, 15) is 0 Å². The van der Waals surface area contributed by atoms with Gasteiger partial charge in [-0.05, 0) is 37.0 Å². The Kier molecular flexibility index (Phi) is 3.87. The van der Waals surface area contributed by atoms with Crippen LogP contribution in [0.5, 0.6) is 0 Å². The highest BCUT2D eigenvalue weighted by Crippen LogP contribution is 2.43. The number of anilines is 1. The van der Waals surface area contributed by atoms with Gasteiger partial charge in [-0.3, -0.25) is 4.68 Å². The average Bonchev–Trinajstić information content (AvgIpc) is 3.13. The third-order valence-corrected chi connectivity index (χ3v) is 4.34. The number of methoxy groups -OCH3 is 1. The van der Waals surface area contributed by atoms with Crippen molar-refractivity contribution in [2.75, 3.05) is 25.6 Å². The Bertz CT molecular complexity index is 440. The van der Waals surface area contributed by atoms with Gasteiger partial charge in [0.05, 0.1) is 0 Å². The number of hydrogen-bond acceptors (Lipinski definition) is 3. The summed E-state index contributed by atoms with van der Waals surface area (Å²) in [4.78, 5) is 0. The molecule has 0 aromatic carbocycles. The molecule has 1 fully saturated rings. The van der Waals surface area contributed by atoms with Gasteiger partial charge in [0.25, 0.3) is 0 Å². The molecule has 0 unspecified atom stereocenters. The van der Waals surface area contributed by atoms with Gasteiger partial charge < -0.3 is 10.1 Å². The van der Waals surface area contributed by atoms with Gasteiger partial charge in [0.15, 0.2) is 0 Å². The molecule has 1 N–H and O–H groups in total. The van der Waals surface area contributed by atoms with Crippen LogP contribution in [-0.2, 0) is 11.3 Å². The normalized spacial score (nSPS) is 28.2. The Balaban J connectivity index is 1.44. The minimum absolute atomic E-state index is 0.792. The molecule has 2 bridgehead atoms. The van der Waals surface area contributed by atoms with Crippen molar-refractivity contribution in [2.24, 2.45) is 17.8 Å². The number of rotatable bonds is 7. The van der Waals surface area contributed by atoms with Crippen LogP contribution in [-0.4, -0.2) is 30.0 Å². The number of fused-ring (bicyclic) bond motifs is 2. The van der Waals surface area contributed by atoms with E-state index in [0.29, 0.717) is 0 Å². The number of aromatic nitrogens is 2. The first-order valence-corrected chi connectivity index (χ1v) is 7.30. The van der Waals surface area contributed by atoms with Crippen molar-refractivity contribution < 1.29 is 4.74 Å². The topological polar surface area (TPSA) is 39.1 Å². The Labute approximate surface area is 114 Å². The van der Waals surface area contributed by atoms with Gasteiger partial charge in [-0.2, -0.15) is 5.10 Å². The van der Waals surface area contributed by atoms with E-state index >= 15 is 0 Å². The van der Waals surface area contributed by atoms with Crippen LogP contribution in [0.25, 0.3) is 0 Å². The summed E-state index contributed by atoms with van der Waals surface area (Å²) < 4.78 is 7.04. The largest absolute Gasteiger partial charge is 0.385 e. The van der Waals surface area contributed by atoms with Crippen LogP contribution in [0, 0.1) is 17.8 Å². The highest BCUT2D eigenvalue weighted by Gasteiger charge is 2.35. The predicted octanol–water partition coefficient (Wildman–Crippen LogP) is 2.54. The molecule has 2 aliphatic carbocycles. The van der Waals surface area contributed by atoms with Gasteiger partial charge in [0.1, 0.15) is 5.82 Å². The van der Waals surface area contributed by atoms with Crippen molar-refractivity contribution in [3.05, 3.63) is 24.4 Å². The van der Waals surface area contributed by atoms with Crippen LogP contribution >= 0.6 is 0 Å². The van der Waals surface area contributed by atoms with Crippen LogP contribution in [0.1, 0.15) is 19.3 Å². The molecule has 4 heteroatoms. The summed E-state index contributed by atoms with van der Waals surface area (Å²) in [6.07, 6.45) is 10.6. The fourth-order valence-electron chi connectivity index (χ4n) is 3.32. The number of hydrogen-bond donors (Lipinski definition) is 1. The zero-order valence-electron chi connectivity index (χ0n) is 11.6. The summed E-state index contributed by atoms with van der Waals surface area (Å²) in [6.45, 7) is 2.77. The molecule has 0 spiro atoms.